The van der Waals surface area contributed by atoms with Gasteiger partial charge in [-0.1, -0.05) is 44.4 Å². The maximum atomic E-state index is 12.8. The van der Waals surface area contributed by atoms with Crippen LogP contribution in [0.3, 0.4) is 0 Å². The lowest BCUT2D eigenvalue weighted by atomic mass is 10.1. The zero-order chi connectivity index (χ0) is 27.9. The summed E-state index contributed by atoms with van der Waals surface area (Å²) in [7, 11) is -0.681. The first kappa shape index (κ1) is 28.9. The second-order valence-corrected chi connectivity index (χ2v) is 15.2. The van der Waals surface area contributed by atoms with Gasteiger partial charge in [-0.2, -0.15) is 0 Å². The highest BCUT2D eigenvalue weighted by Crippen LogP contribution is 2.37. The van der Waals surface area contributed by atoms with Crippen LogP contribution in [0.5, 0.6) is 0 Å². The third-order valence-corrected chi connectivity index (χ3v) is 10.9. The number of methoxy groups -OCH3 is 1. The average Bonchev–Trinajstić information content (AvgIpc) is 2.86. The average molecular weight is 551 g/mol. The van der Waals surface area contributed by atoms with Crippen molar-refractivity contribution in [1.29, 1.82) is 0 Å². The molecule has 0 aliphatic rings. The van der Waals surface area contributed by atoms with Gasteiger partial charge in [0, 0.05) is 29.2 Å². The number of hydrogen-bond acceptors (Lipinski definition) is 6. The normalized spacial score (nSPS) is 11.2. The minimum absolute atomic E-state index is 0.0456. The van der Waals surface area contributed by atoms with Gasteiger partial charge in [0.25, 0.3) is 0 Å². The molecule has 2 heterocycles. The highest BCUT2D eigenvalue weighted by molar-refractivity contribution is 6.74. The van der Waals surface area contributed by atoms with E-state index in [-0.39, 0.29) is 10.2 Å². The molecule has 3 rings (SSSR count). The molecule has 0 bridgehead atoms. The van der Waals surface area contributed by atoms with Crippen LogP contribution in [0.1, 0.15) is 48.0 Å². The maximum absolute atomic E-state index is 12.8. The van der Waals surface area contributed by atoms with E-state index < -0.39 is 20.3 Å². The molecule has 0 spiro atoms. The van der Waals surface area contributed by atoms with E-state index in [1.165, 1.54) is 7.11 Å². The Morgan fingerprint density at radius 2 is 1.82 bits per heavy atom. The quantitative estimate of drug-likeness (QED) is 0.157. The summed E-state index contributed by atoms with van der Waals surface area (Å²) in [6.45, 7) is 11.1. The standard InChI is InChI=1S/C28H31ClN4O4Si/c1-28(2,3)38(5,6)37-18-21-17-31-25(29)16-24(21)33-27(35)32-23-12-13-30-22(15-23)11-10-19-8-7-9-20(14-19)26(34)36-4/h7-9,12-17H,18H2,1-6H3,(H2,30,31,32,33,35). The summed E-state index contributed by atoms with van der Waals surface area (Å²) < 4.78 is 11.0. The lowest BCUT2D eigenvalue weighted by Crippen LogP contribution is -2.40. The fourth-order valence-electron chi connectivity index (χ4n) is 3.00. The number of aromatic nitrogens is 2. The Balaban J connectivity index is 1.71. The molecule has 0 saturated carbocycles. The number of ether oxygens (including phenoxy) is 1. The summed E-state index contributed by atoms with van der Waals surface area (Å²) >= 11 is 6.10. The number of esters is 1. The lowest BCUT2D eigenvalue weighted by molar-refractivity contribution is 0.0600. The van der Waals surface area contributed by atoms with Crippen molar-refractivity contribution in [1.82, 2.24) is 9.97 Å². The molecule has 2 N–H and O–H groups in total. The van der Waals surface area contributed by atoms with Crippen molar-refractivity contribution in [3.8, 4) is 11.8 Å². The van der Waals surface area contributed by atoms with Gasteiger partial charge in [0.05, 0.1) is 25.0 Å². The van der Waals surface area contributed by atoms with Crippen LogP contribution >= 0.6 is 11.6 Å². The number of urea groups is 1. The van der Waals surface area contributed by atoms with Crippen LogP contribution < -0.4 is 10.6 Å². The van der Waals surface area contributed by atoms with Gasteiger partial charge in [-0.15, -0.1) is 0 Å². The Labute approximate surface area is 229 Å². The molecule has 3 aromatic rings. The second-order valence-electron chi connectivity index (χ2n) is 10.0. The van der Waals surface area contributed by atoms with Gasteiger partial charge in [-0.05, 0) is 60.5 Å². The zero-order valence-corrected chi connectivity index (χ0v) is 24.1. The molecule has 0 radical (unpaired) electrons. The van der Waals surface area contributed by atoms with E-state index in [1.54, 1.807) is 54.9 Å². The van der Waals surface area contributed by atoms with Crippen LogP contribution in [0.15, 0.2) is 54.9 Å². The number of benzene rings is 1. The molecule has 198 valence electrons. The van der Waals surface area contributed by atoms with Crippen molar-refractivity contribution >= 4 is 43.3 Å². The number of anilines is 2. The number of nitrogens with zero attached hydrogens (tertiary/aromatic N) is 2. The van der Waals surface area contributed by atoms with Crippen molar-refractivity contribution in [2.45, 2.75) is 45.5 Å². The van der Waals surface area contributed by atoms with Gasteiger partial charge in [0.1, 0.15) is 10.8 Å². The van der Waals surface area contributed by atoms with Crippen molar-refractivity contribution in [3.63, 3.8) is 0 Å². The van der Waals surface area contributed by atoms with Gasteiger partial charge in [-0.3, -0.25) is 0 Å². The fourth-order valence-corrected chi connectivity index (χ4v) is 4.11. The minimum atomic E-state index is -2.01. The topological polar surface area (TPSA) is 102 Å². The molecular formula is C28H31ClN4O4Si. The van der Waals surface area contributed by atoms with Crippen LogP contribution in [0, 0.1) is 11.8 Å². The van der Waals surface area contributed by atoms with E-state index in [1.807, 2.05) is 0 Å². The zero-order valence-electron chi connectivity index (χ0n) is 22.3. The van der Waals surface area contributed by atoms with Gasteiger partial charge in [-0.25, -0.2) is 19.6 Å². The maximum Gasteiger partial charge on any atom is 0.337 e. The Hall–Kier alpha value is -3.71. The molecule has 2 amide bonds. The first-order valence-corrected chi connectivity index (χ1v) is 15.2. The first-order valence-electron chi connectivity index (χ1n) is 11.9. The molecule has 2 aromatic heterocycles. The highest BCUT2D eigenvalue weighted by atomic mass is 35.5. The van der Waals surface area contributed by atoms with Crippen LogP contribution in [0.4, 0.5) is 16.2 Å². The molecule has 0 fully saturated rings. The number of pyridine rings is 2. The third kappa shape index (κ3) is 7.89. The lowest BCUT2D eigenvalue weighted by Gasteiger charge is -2.36. The molecule has 1 aromatic carbocycles. The van der Waals surface area contributed by atoms with Crippen molar-refractivity contribution in [3.05, 3.63) is 82.4 Å². The van der Waals surface area contributed by atoms with E-state index in [0.717, 1.165) is 5.56 Å². The van der Waals surface area contributed by atoms with Crippen LogP contribution in [-0.2, 0) is 15.8 Å². The van der Waals surface area contributed by atoms with Crippen LogP contribution in [0.25, 0.3) is 0 Å². The molecular weight excluding hydrogens is 520 g/mol. The monoisotopic (exact) mass is 550 g/mol. The second kappa shape index (κ2) is 12.2. The molecule has 0 unspecified atom stereocenters. The van der Waals surface area contributed by atoms with Gasteiger partial charge < -0.3 is 19.8 Å². The minimum Gasteiger partial charge on any atom is -0.465 e. The largest absolute Gasteiger partial charge is 0.465 e. The SMILES string of the molecule is COC(=O)c1cccc(C#Cc2cc(NC(=O)Nc3cc(Cl)ncc3CO[Si](C)(C)C(C)(C)C)ccn2)c1. The number of amides is 2. The number of carbonyl (C=O) groups is 2. The fraction of sp³-hybridized carbons (Fsp3) is 0.286. The van der Waals surface area contributed by atoms with Gasteiger partial charge >= 0.3 is 12.0 Å². The Bertz CT molecular complexity index is 1390. The van der Waals surface area contributed by atoms with E-state index >= 15 is 0 Å². The van der Waals surface area contributed by atoms with Crippen molar-refractivity contribution in [2.75, 3.05) is 17.7 Å². The number of nitrogens with one attached hydrogen (secondary N) is 2. The summed E-state index contributed by atoms with van der Waals surface area (Å²) in [6, 6.07) is 11.2. The van der Waals surface area contributed by atoms with E-state index in [4.69, 9.17) is 20.8 Å². The smallest absolute Gasteiger partial charge is 0.337 e. The summed E-state index contributed by atoms with van der Waals surface area (Å²) in [6.07, 6.45) is 3.16. The van der Waals surface area contributed by atoms with Gasteiger partial charge in [0.15, 0.2) is 8.32 Å². The highest BCUT2D eigenvalue weighted by Gasteiger charge is 2.37. The predicted octanol–water partition coefficient (Wildman–Crippen LogP) is 6.48. The summed E-state index contributed by atoms with van der Waals surface area (Å²) in [5, 5.41) is 5.93. The molecule has 0 saturated heterocycles. The number of hydrogen-bond donors (Lipinski definition) is 2. The van der Waals surface area contributed by atoms with E-state index in [0.29, 0.717) is 34.8 Å². The molecule has 8 nitrogen and oxygen atoms in total. The Morgan fingerprint density at radius 1 is 1.05 bits per heavy atom. The van der Waals surface area contributed by atoms with Gasteiger partial charge in [0.2, 0.25) is 0 Å². The molecule has 0 atom stereocenters. The van der Waals surface area contributed by atoms with Crippen molar-refractivity contribution in [2.24, 2.45) is 0 Å². The van der Waals surface area contributed by atoms with Crippen molar-refractivity contribution < 1.29 is 18.8 Å². The van der Waals surface area contributed by atoms with E-state index in [9.17, 15) is 9.59 Å². The van der Waals surface area contributed by atoms with Crippen LogP contribution in [-0.4, -0.2) is 37.4 Å². The number of rotatable bonds is 6. The summed E-state index contributed by atoms with van der Waals surface area (Å²) in [4.78, 5) is 32.9. The molecule has 0 aliphatic carbocycles. The predicted molar refractivity (Wildman–Crippen MR) is 152 cm³/mol. The molecule has 38 heavy (non-hydrogen) atoms. The summed E-state index contributed by atoms with van der Waals surface area (Å²) in [5.74, 6) is 5.48. The Morgan fingerprint density at radius 3 is 2.53 bits per heavy atom. The Kier molecular flexibility index (Phi) is 9.28. The third-order valence-electron chi connectivity index (χ3n) is 6.23. The number of halogens is 1. The van der Waals surface area contributed by atoms with Crippen LogP contribution in [0.2, 0.25) is 23.3 Å². The molecule has 10 heteroatoms. The number of carbonyl (C=O) groups excluding carboxylic acids is 2. The first-order chi connectivity index (χ1) is 17.9. The van der Waals surface area contributed by atoms with E-state index in [2.05, 4.69) is 66.3 Å². The molecule has 0 aliphatic heterocycles. The summed E-state index contributed by atoms with van der Waals surface area (Å²) in [5.41, 5.74) is 3.23.